The minimum Gasteiger partial charge on any atom is -0.370 e. The zero-order valence-corrected chi connectivity index (χ0v) is 15.8. The van der Waals surface area contributed by atoms with Crippen molar-refractivity contribution in [1.29, 1.82) is 0 Å². The predicted molar refractivity (Wildman–Crippen MR) is 104 cm³/mol. The number of hydrogen-bond donors (Lipinski definition) is 1. The number of ether oxygens (including phenoxy) is 1. The van der Waals surface area contributed by atoms with Gasteiger partial charge in [-0.1, -0.05) is 28.1 Å². The highest BCUT2D eigenvalue weighted by atomic mass is 79.9. The number of fused-ring (bicyclic) bond motifs is 1. The lowest BCUT2D eigenvalue weighted by atomic mass is 10.1. The van der Waals surface area contributed by atoms with Gasteiger partial charge in [0.25, 0.3) is 11.6 Å². The Morgan fingerprint density at radius 3 is 2.78 bits per heavy atom. The lowest BCUT2D eigenvalue weighted by molar-refractivity contribution is -0.384. The lowest BCUT2D eigenvalue weighted by Gasteiger charge is -2.33. The predicted octanol–water partition coefficient (Wildman–Crippen LogP) is 4.05. The summed E-state index contributed by atoms with van der Waals surface area (Å²) in [7, 11) is 0. The summed E-state index contributed by atoms with van der Waals surface area (Å²) in [4.78, 5) is 28.2. The van der Waals surface area contributed by atoms with Crippen LogP contribution in [0.4, 0.5) is 5.69 Å². The Labute approximate surface area is 163 Å². The summed E-state index contributed by atoms with van der Waals surface area (Å²) in [5.41, 5.74) is 2.09. The van der Waals surface area contributed by atoms with E-state index < -0.39 is 4.92 Å². The van der Waals surface area contributed by atoms with E-state index in [1.807, 2.05) is 24.3 Å². The first-order valence-electron chi connectivity index (χ1n) is 8.45. The molecule has 1 saturated heterocycles. The van der Waals surface area contributed by atoms with Crippen molar-refractivity contribution < 1.29 is 14.5 Å². The Hall–Kier alpha value is -2.71. The quantitative estimate of drug-likeness (QED) is 0.502. The number of morpholine rings is 1. The Morgan fingerprint density at radius 2 is 2.04 bits per heavy atom. The first-order valence-corrected chi connectivity index (χ1v) is 9.24. The molecule has 8 heteroatoms. The van der Waals surface area contributed by atoms with Gasteiger partial charge in [0.05, 0.1) is 29.2 Å². The first-order chi connectivity index (χ1) is 13.0. The summed E-state index contributed by atoms with van der Waals surface area (Å²) in [5, 5.41) is 11.6. The van der Waals surface area contributed by atoms with E-state index in [0.29, 0.717) is 36.2 Å². The summed E-state index contributed by atoms with van der Waals surface area (Å²) in [5.74, 6) is -0.111. The number of nitrogens with one attached hydrogen (secondary N) is 1. The second-order valence-electron chi connectivity index (χ2n) is 6.35. The zero-order chi connectivity index (χ0) is 19.0. The molecule has 1 amide bonds. The van der Waals surface area contributed by atoms with Crippen molar-refractivity contribution in [3.05, 3.63) is 74.4 Å². The summed E-state index contributed by atoms with van der Waals surface area (Å²) in [6.07, 6.45) is 1.43. The fourth-order valence-electron chi connectivity index (χ4n) is 3.29. The van der Waals surface area contributed by atoms with Gasteiger partial charge >= 0.3 is 0 Å². The number of rotatable bonds is 3. The third-order valence-corrected chi connectivity index (χ3v) is 5.23. The Balaban J connectivity index is 1.58. The number of benzene rings is 2. The minimum absolute atomic E-state index is 0.00924. The van der Waals surface area contributed by atoms with E-state index in [-0.39, 0.29) is 17.7 Å². The highest BCUT2D eigenvalue weighted by Crippen LogP contribution is 2.28. The van der Waals surface area contributed by atoms with Gasteiger partial charge in [-0.3, -0.25) is 14.9 Å². The molecule has 1 aromatic heterocycles. The number of halogens is 1. The van der Waals surface area contributed by atoms with Gasteiger partial charge < -0.3 is 14.6 Å². The molecule has 1 N–H and O–H groups in total. The Bertz CT molecular complexity index is 1020. The number of carbonyl (C=O) groups is 1. The van der Waals surface area contributed by atoms with Gasteiger partial charge in [0.15, 0.2) is 0 Å². The van der Waals surface area contributed by atoms with Gasteiger partial charge in [0.2, 0.25) is 0 Å². The highest BCUT2D eigenvalue weighted by Gasteiger charge is 2.27. The topological polar surface area (TPSA) is 88.5 Å². The van der Waals surface area contributed by atoms with E-state index in [1.54, 1.807) is 17.2 Å². The van der Waals surface area contributed by atoms with Crippen LogP contribution in [0.5, 0.6) is 0 Å². The van der Waals surface area contributed by atoms with Crippen LogP contribution in [-0.2, 0) is 4.74 Å². The molecule has 4 rings (SSSR count). The maximum Gasteiger partial charge on any atom is 0.271 e. The van der Waals surface area contributed by atoms with Crippen molar-refractivity contribution in [3.63, 3.8) is 0 Å². The van der Waals surface area contributed by atoms with Crippen LogP contribution in [0.2, 0.25) is 0 Å². The van der Waals surface area contributed by atoms with Gasteiger partial charge in [-0.2, -0.15) is 0 Å². The summed E-state index contributed by atoms with van der Waals surface area (Å²) < 4.78 is 6.83. The normalized spacial score (nSPS) is 17.2. The number of nitrogens with zero attached hydrogens (tertiary/aromatic N) is 2. The number of non-ortho nitro benzene ring substituents is 1. The smallest absolute Gasteiger partial charge is 0.271 e. The van der Waals surface area contributed by atoms with Gasteiger partial charge in [-0.15, -0.1) is 0 Å². The number of carbonyl (C=O) groups excluding carboxylic acids is 1. The van der Waals surface area contributed by atoms with Crippen LogP contribution in [0.3, 0.4) is 0 Å². The maximum atomic E-state index is 13.0. The molecule has 1 atom stereocenters. The fourth-order valence-corrected chi connectivity index (χ4v) is 3.55. The minimum atomic E-state index is -0.452. The molecule has 7 nitrogen and oxygen atoms in total. The summed E-state index contributed by atoms with van der Waals surface area (Å²) in [6.45, 7) is 1.42. The van der Waals surface area contributed by atoms with Crippen molar-refractivity contribution in [2.45, 2.75) is 6.10 Å². The molecule has 2 aromatic carbocycles. The number of aromatic nitrogens is 1. The van der Waals surface area contributed by atoms with Gasteiger partial charge in [-0.05, 0) is 23.8 Å². The number of nitro benzene ring substituents is 1. The molecule has 0 radical (unpaired) electrons. The Morgan fingerprint density at radius 1 is 1.26 bits per heavy atom. The molecule has 1 fully saturated rings. The maximum absolute atomic E-state index is 13.0. The van der Waals surface area contributed by atoms with Crippen LogP contribution >= 0.6 is 15.9 Å². The molecule has 0 saturated carbocycles. The molecule has 0 bridgehead atoms. The van der Waals surface area contributed by atoms with Crippen molar-refractivity contribution >= 4 is 38.4 Å². The van der Waals surface area contributed by atoms with Gasteiger partial charge in [0.1, 0.15) is 6.10 Å². The Kier molecular flexibility index (Phi) is 4.67. The van der Waals surface area contributed by atoms with Crippen LogP contribution in [0.15, 0.2) is 53.1 Å². The monoisotopic (exact) mass is 429 g/mol. The molecule has 2 heterocycles. The van der Waals surface area contributed by atoms with Crippen molar-refractivity contribution in [1.82, 2.24) is 9.88 Å². The first kappa shape index (κ1) is 17.7. The van der Waals surface area contributed by atoms with E-state index in [2.05, 4.69) is 20.9 Å². The molecule has 1 aliphatic heterocycles. The third kappa shape index (κ3) is 3.45. The van der Waals surface area contributed by atoms with Gasteiger partial charge in [-0.25, -0.2) is 0 Å². The number of hydrogen-bond acceptors (Lipinski definition) is 4. The number of aromatic amines is 1. The second-order valence-corrected chi connectivity index (χ2v) is 7.27. The molecule has 1 aliphatic rings. The van der Waals surface area contributed by atoms with E-state index in [9.17, 15) is 14.9 Å². The lowest BCUT2D eigenvalue weighted by Crippen LogP contribution is -2.42. The van der Waals surface area contributed by atoms with Crippen LogP contribution in [0.25, 0.3) is 10.9 Å². The van der Waals surface area contributed by atoms with E-state index >= 15 is 0 Å². The SMILES string of the molecule is O=C(c1c[nH]c2cc([N+](=O)[O-])ccc12)N1CCO[C@@H](c2ccc(Br)cc2)C1. The van der Waals surface area contributed by atoms with Crippen LogP contribution in [-0.4, -0.2) is 40.4 Å². The molecule has 0 spiro atoms. The van der Waals surface area contributed by atoms with Crippen molar-refractivity contribution in [2.75, 3.05) is 19.7 Å². The van der Waals surface area contributed by atoms with Crippen molar-refractivity contribution in [2.24, 2.45) is 0 Å². The van der Waals surface area contributed by atoms with E-state index in [1.165, 1.54) is 12.1 Å². The summed E-state index contributed by atoms with van der Waals surface area (Å²) in [6, 6.07) is 12.3. The zero-order valence-electron chi connectivity index (χ0n) is 14.2. The van der Waals surface area contributed by atoms with E-state index in [4.69, 9.17) is 4.74 Å². The number of H-pyrrole nitrogens is 1. The van der Waals surface area contributed by atoms with E-state index in [0.717, 1.165) is 10.0 Å². The molecule has 0 unspecified atom stereocenters. The van der Waals surface area contributed by atoms with Crippen LogP contribution in [0, 0.1) is 10.1 Å². The average Bonchev–Trinajstić information content (AvgIpc) is 3.11. The highest BCUT2D eigenvalue weighted by molar-refractivity contribution is 9.10. The number of nitro groups is 1. The van der Waals surface area contributed by atoms with Crippen molar-refractivity contribution in [3.8, 4) is 0 Å². The standard InChI is InChI=1S/C19H16BrN3O4/c20-13-3-1-12(2-4-13)18-11-22(7-8-27-18)19(24)16-10-21-17-9-14(23(25)26)5-6-15(16)17/h1-6,9-10,18,21H,7-8,11H2/t18-/m1/s1. The molecular formula is C19H16BrN3O4. The number of amides is 1. The molecule has 138 valence electrons. The van der Waals surface area contributed by atoms with Crippen LogP contribution < -0.4 is 0 Å². The summed E-state index contributed by atoms with van der Waals surface area (Å²) >= 11 is 3.42. The second kappa shape index (κ2) is 7.13. The molecule has 0 aliphatic carbocycles. The molecule has 3 aromatic rings. The average molecular weight is 430 g/mol. The third-order valence-electron chi connectivity index (χ3n) is 4.70. The van der Waals surface area contributed by atoms with Crippen LogP contribution in [0.1, 0.15) is 22.0 Å². The molecule has 27 heavy (non-hydrogen) atoms. The molecular weight excluding hydrogens is 414 g/mol. The largest absolute Gasteiger partial charge is 0.370 e. The van der Waals surface area contributed by atoms with Gasteiger partial charge in [0, 0.05) is 34.7 Å². The fraction of sp³-hybridized carbons (Fsp3) is 0.211.